The highest BCUT2D eigenvalue weighted by Crippen LogP contribution is 2.34. The second-order valence-corrected chi connectivity index (χ2v) is 7.23. The maximum absolute atomic E-state index is 13.0. The van der Waals surface area contributed by atoms with Gasteiger partial charge in [-0.3, -0.25) is 9.69 Å². The predicted octanol–water partition coefficient (Wildman–Crippen LogP) is 1.32. The summed E-state index contributed by atoms with van der Waals surface area (Å²) in [5.41, 5.74) is 1.38. The molecule has 1 fully saturated rings. The maximum atomic E-state index is 13.0. The molecule has 0 aliphatic carbocycles. The van der Waals surface area contributed by atoms with Gasteiger partial charge in [0.2, 0.25) is 5.91 Å². The Balaban J connectivity index is 1.87. The van der Waals surface area contributed by atoms with Gasteiger partial charge in [-0.05, 0) is 17.7 Å². The van der Waals surface area contributed by atoms with Gasteiger partial charge in [-0.15, -0.1) is 0 Å². The van der Waals surface area contributed by atoms with Gasteiger partial charge in [-0.1, -0.05) is 30.3 Å². The van der Waals surface area contributed by atoms with E-state index in [1.54, 1.807) is 42.5 Å². The molecule has 9 nitrogen and oxygen atoms in total. The number of benzene rings is 2. The molecule has 0 bridgehead atoms. The zero-order chi connectivity index (χ0) is 22.5. The van der Waals surface area contributed by atoms with Crippen LogP contribution < -0.4 is 9.47 Å². The average molecular weight is 430 g/mol. The number of rotatable bonds is 9. The molecule has 1 aliphatic rings. The van der Waals surface area contributed by atoms with E-state index in [9.17, 15) is 24.9 Å². The third-order valence-corrected chi connectivity index (χ3v) is 5.41. The molecule has 3 rings (SSSR count). The molecule has 166 valence electrons. The number of ether oxygens (including phenoxy) is 2. The van der Waals surface area contributed by atoms with Crippen LogP contribution in [-0.2, 0) is 17.9 Å². The van der Waals surface area contributed by atoms with E-state index < -0.39 is 36.8 Å². The average Bonchev–Trinajstić information content (AvgIpc) is 2.79. The number of nitrogens with zero attached hydrogens (tertiary/aromatic N) is 2. The van der Waals surface area contributed by atoms with Gasteiger partial charge in [0.15, 0.2) is 0 Å². The Morgan fingerprint density at radius 1 is 1.16 bits per heavy atom. The van der Waals surface area contributed by atoms with Crippen molar-refractivity contribution in [2.45, 2.75) is 31.3 Å². The van der Waals surface area contributed by atoms with Crippen LogP contribution in [0.25, 0.3) is 0 Å². The minimum atomic E-state index is -1.30. The second-order valence-electron chi connectivity index (χ2n) is 7.23. The molecule has 3 atom stereocenters. The van der Waals surface area contributed by atoms with Gasteiger partial charge >= 0.3 is 6.09 Å². The number of methoxy groups -OCH3 is 2. The Labute approximate surface area is 180 Å². The molecule has 9 heteroatoms. The highest BCUT2D eigenvalue weighted by Gasteiger charge is 2.54. The molecule has 2 aromatic carbocycles. The van der Waals surface area contributed by atoms with E-state index in [-0.39, 0.29) is 13.1 Å². The van der Waals surface area contributed by atoms with Crippen molar-refractivity contribution in [3.63, 3.8) is 0 Å². The first-order chi connectivity index (χ1) is 14.9. The first-order valence-corrected chi connectivity index (χ1v) is 9.75. The van der Waals surface area contributed by atoms with Crippen LogP contribution >= 0.6 is 0 Å². The normalized spacial score (nSPS) is 18.8. The number of carbonyl (C=O) groups is 2. The van der Waals surface area contributed by atoms with E-state index in [1.165, 1.54) is 19.1 Å². The van der Waals surface area contributed by atoms with Crippen LogP contribution in [0.15, 0.2) is 48.5 Å². The molecule has 31 heavy (non-hydrogen) atoms. The number of aliphatic hydroxyl groups is 2. The topological polar surface area (TPSA) is 120 Å². The molecule has 2 aromatic rings. The summed E-state index contributed by atoms with van der Waals surface area (Å²) in [7, 11) is 3.02. The number of hydrogen-bond acceptors (Lipinski definition) is 6. The zero-order valence-electron chi connectivity index (χ0n) is 17.3. The Hall–Kier alpha value is -3.30. The summed E-state index contributed by atoms with van der Waals surface area (Å²) < 4.78 is 10.6. The lowest BCUT2D eigenvalue weighted by atomic mass is 9.88. The van der Waals surface area contributed by atoms with Crippen LogP contribution in [0.5, 0.6) is 11.5 Å². The van der Waals surface area contributed by atoms with Crippen molar-refractivity contribution >= 4 is 12.0 Å². The van der Waals surface area contributed by atoms with Gasteiger partial charge in [-0.25, -0.2) is 4.79 Å². The maximum Gasteiger partial charge on any atom is 0.408 e. The number of likely N-dealkylation sites (tertiary alicyclic amines) is 1. The smallest absolute Gasteiger partial charge is 0.408 e. The van der Waals surface area contributed by atoms with Crippen LogP contribution in [0.2, 0.25) is 0 Å². The number of aliphatic hydroxyl groups excluding tert-OH is 2. The Morgan fingerprint density at radius 2 is 1.87 bits per heavy atom. The van der Waals surface area contributed by atoms with Crippen molar-refractivity contribution in [2.24, 2.45) is 0 Å². The van der Waals surface area contributed by atoms with E-state index >= 15 is 0 Å². The summed E-state index contributed by atoms with van der Waals surface area (Å²) in [6.07, 6.45) is -2.58. The van der Waals surface area contributed by atoms with E-state index in [0.717, 1.165) is 4.90 Å². The lowest BCUT2D eigenvalue weighted by Crippen LogP contribution is -2.74. The zero-order valence-corrected chi connectivity index (χ0v) is 17.3. The lowest BCUT2D eigenvalue weighted by Gasteiger charge is -2.52. The van der Waals surface area contributed by atoms with Crippen LogP contribution in [0.4, 0.5) is 4.79 Å². The third-order valence-electron chi connectivity index (χ3n) is 5.41. The van der Waals surface area contributed by atoms with E-state index in [1.807, 2.05) is 6.07 Å². The Kier molecular flexibility index (Phi) is 6.98. The molecule has 3 N–H and O–H groups in total. The number of amides is 2. The minimum absolute atomic E-state index is 0.0130. The quantitative estimate of drug-likeness (QED) is 0.513. The molecule has 2 amide bonds. The summed E-state index contributed by atoms with van der Waals surface area (Å²) in [5.74, 6) is 0.626. The number of hydrogen-bond donors (Lipinski definition) is 3. The largest absolute Gasteiger partial charge is 0.497 e. The van der Waals surface area contributed by atoms with Crippen molar-refractivity contribution < 1.29 is 34.4 Å². The molecular weight excluding hydrogens is 404 g/mol. The van der Waals surface area contributed by atoms with Crippen molar-refractivity contribution in [1.82, 2.24) is 9.80 Å². The van der Waals surface area contributed by atoms with Gasteiger partial charge in [0.05, 0.1) is 33.0 Å². The van der Waals surface area contributed by atoms with Crippen LogP contribution in [0.1, 0.15) is 11.1 Å². The van der Waals surface area contributed by atoms with Crippen molar-refractivity contribution in [2.75, 3.05) is 20.8 Å². The number of β-lactam (4-membered cyclic amide) rings is 1. The molecule has 0 spiro atoms. The molecule has 0 unspecified atom stereocenters. The highest BCUT2D eigenvalue weighted by molar-refractivity contribution is 5.92. The van der Waals surface area contributed by atoms with Gasteiger partial charge in [-0.2, -0.15) is 0 Å². The summed E-state index contributed by atoms with van der Waals surface area (Å²) >= 11 is 0. The Bertz CT molecular complexity index is 921. The monoisotopic (exact) mass is 430 g/mol. The standard InChI is InChI=1S/C22H26N2O7/c1-30-16-9-8-15(18(10-16)31-2)12-23-19(17(26)13-25)20(21(23)27)24(22(28)29)11-14-6-4-3-5-7-14/h3-10,17,19-20,25-26H,11-13H2,1-2H3,(H,28,29)/t17-,19-,20+/m0/s1. The van der Waals surface area contributed by atoms with Crippen LogP contribution in [0.3, 0.4) is 0 Å². The van der Waals surface area contributed by atoms with Gasteiger partial charge in [0.1, 0.15) is 17.5 Å². The molecule has 1 saturated heterocycles. The van der Waals surface area contributed by atoms with Crippen molar-refractivity contribution in [3.05, 3.63) is 59.7 Å². The fraction of sp³-hybridized carbons (Fsp3) is 0.364. The van der Waals surface area contributed by atoms with E-state index in [4.69, 9.17) is 9.47 Å². The molecule has 1 aliphatic heterocycles. The van der Waals surface area contributed by atoms with E-state index in [2.05, 4.69) is 0 Å². The minimum Gasteiger partial charge on any atom is -0.497 e. The Morgan fingerprint density at radius 3 is 2.45 bits per heavy atom. The fourth-order valence-corrected chi connectivity index (χ4v) is 3.81. The molecule has 0 saturated carbocycles. The van der Waals surface area contributed by atoms with Crippen molar-refractivity contribution in [3.8, 4) is 11.5 Å². The van der Waals surface area contributed by atoms with Gasteiger partial charge < -0.3 is 29.7 Å². The molecule has 0 aromatic heterocycles. The molecule has 0 radical (unpaired) electrons. The molecular formula is C22H26N2O7. The summed E-state index contributed by atoms with van der Waals surface area (Å²) in [6, 6.07) is 12.0. The first-order valence-electron chi connectivity index (χ1n) is 9.75. The second kappa shape index (κ2) is 9.67. The fourth-order valence-electron chi connectivity index (χ4n) is 3.81. The number of carbonyl (C=O) groups excluding carboxylic acids is 1. The van der Waals surface area contributed by atoms with Gasteiger partial charge in [0.25, 0.3) is 0 Å². The van der Waals surface area contributed by atoms with Gasteiger partial charge in [0, 0.05) is 24.7 Å². The van der Waals surface area contributed by atoms with Crippen LogP contribution in [0, 0.1) is 0 Å². The number of carboxylic acid groups (broad SMARTS) is 1. The summed E-state index contributed by atoms with van der Waals surface area (Å²) in [6.45, 7) is -0.534. The first kappa shape index (κ1) is 22.4. The van der Waals surface area contributed by atoms with E-state index in [0.29, 0.717) is 22.6 Å². The van der Waals surface area contributed by atoms with Crippen molar-refractivity contribution in [1.29, 1.82) is 0 Å². The summed E-state index contributed by atoms with van der Waals surface area (Å²) in [5, 5.41) is 29.7. The lowest BCUT2D eigenvalue weighted by molar-refractivity contribution is -0.170. The predicted molar refractivity (Wildman–Crippen MR) is 111 cm³/mol. The summed E-state index contributed by atoms with van der Waals surface area (Å²) in [4.78, 5) is 27.3. The molecule has 1 heterocycles. The third kappa shape index (κ3) is 4.57. The van der Waals surface area contributed by atoms with Crippen LogP contribution in [-0.4, -0.2) is 76.1 Å². The highest BCUT2D eigenvalue weighted by atomic mass is 16.5. The SMILES string of the molecule is COc1ccc(CN2C(=O)[C@H](N(Cc3ccccc3)C(=O)O)[C@@H]2[C@@H](O)CO)c(OC)c1.